The molecule has 1 fully saturated rings. The average Bonchev–Trinajstić information content (AvgIpc) is 3.03. The largest absolute Gasteiger partial charge is 0.481 e. The number of hydrogen-bond donors (Lipinski definition) is 1. The monoisotopic (exact) mass is 380 g/mol. The number of aliphatic carboxylic acids is 1. The number of thiazole rings is 1. The summed E-state index contributed by atoms with van der Waals surface area (Å²) in [6.07, 6.45) is -0.347. The third-order valence-electron chi connectivity index (χ3n) is 3.87. The van der Waals surface area contributed by atoms with E-state index < -0.39 is 12.1 Å². The lowest BCUT2D eigenvalue weighted by Crippen LogP contribution is -2.46. The van der Waals surface area contributed by atoms with Crippen molar-refractivity contribution in [3.8, 4) is 10.6 Å². The average molecular weight is 381 g/mol. The lowest BCUT2D eigenvalue weighted by Gasteiger charge is -2.32. The minimum atomic E-state index is -0.925. The van der Waals surface area contributed by atoms with E-state index >= 15 is 0 Å². The molecular formula is C17H17ClN2O4S. The molecule has 0 saturated carbocycles. The van der Waals surface area contributed by atoms with Crippen molar-refractivity contribution in [3.05, 3.63) is 40.4 Å². The van der Waals surface area contributed by atoms with Crippen molar-refractivity contribution in [1.29, 1.82) is 0 Å². The fourth-order valence-electron chi connectivity index (χ4n) is 2.64. The highest BCUT2D eigenvalue weighted by atomic mass is 35.5. The first-order valence-electron chi connectivity index (χ1n) is 7.83. The number of aromatic nitrogens is 1. The summed E-state index contributed by atoms with van der Waals surface area (Å²) in [6, 6.07) is 7.40. The smallest absolute Gasteiger partial charge is 0.306 e. The Bertz CT molecular complexity index is 762. The summed E-state index contributed by atoms with van der Waals surface area (Å²) in [5.74, 6) is -0.988. The van der Waals surface area contributed by atoms with Crippen molar-refractivity contribution < 1.29 is 19.4 Å². The van der Waals surface area contributed by atoms with E-state index in [1.54, 1.807) is 17.0 Å². The van der Waals surface area contributed by atoms with Gasteiger partial charge in [-0.25, -0.2) is 4.98 Å². The van der Waals surface area contributed by atoms with Crippen LogP contribution in [-0.2, 0) is 20.7 Å². The van der Waals surface area contributed by atoms with Crippen molar-refractivity contribution in [1.82, 2.24) is 9.88 Å². The second-order valence-electron chi connectivity index (χ2n) is 5.76. The van der Waals surface area contributed by atoms with Crippen molar-refractivity contribution in [2.24, 2.45) is 0 Å². The molecule has 0 spiro atoms. The molecule has 0 bridgehead atoms. The van der Waals surface area contributed by atoms with Gasteiger partial charge in [-0.3, -0.25) is 9.59 Å². The molecular weight excluding hydrogens is 364 g/mol. The van der Waals surface area contributed by atoms with Crippen LogP contribution >= 0.6 is 22.9 Å². The number of carboxylic acid groups (broad SMARTS) is 1. The van der Waals surface area contributed by atoms with Gasteiger partial charge in [0.15, 0.2) is 0 Å². The second kappa shape index (κ2) is 7.95. The van der Waals surface area contributed by atoms with Crippen LogP contribution in [0.25, 0.3) is 10.6 Å². The molecule has 1 aromatic heterocycles. The molecule has 25 heavy (non-hydrogen) atoms. The molecule has 1 aliphatic heterocycles. The summed E-state index contributed by atoms with van der Waals surface area (Å²) >= 11 is 7.37. The fraction of sp³-hybridized carbons (Fsp3) is 0.353. The van der Waals surface area contributed by atoms with Gasteiger partial charge in [0, 0.05) is 29.1 Å². The Morgan fingerprint density at radius 3 is 2.84 bits per heavy atom. The van der Waals surface area contributed by atoms with Crippen molar-refractivity contribution in [3.63, 3.8) is 0 Å². The van der Waals surface area contributed by atoms with Crippen LogP contribution in [0, 0.1) is 0 Å². The summed E-state index contributed by atoms with van der Waals surface area (Å²) < 4.78 is 5.39. The molecule has 3 rings (SSSR count). The molecule has 1 atom stereocenters. The summed E-state index contributed by atoms with van der Waals surface area (Å²) in [5, 5.41) is 12.2. The van der Waals surface area contributed by atoms with Gasteiger partial charge in [-0.15, -0.1) is 11.3 Å². The molecule has 8 heteroatoms. The van der Waals surface area contributed by atoms with Crippen LogP contribution in [0.15, 0.2) is 29.6 Å². The van der Waals surface area contributed by atoms with Gasteiger partial charge in [0.25, 0.3) is 0 Å². The van der Waals surface area contributed by atoms with Gasteiger partial charge in [-0.05, 0) is 12.1 Å². The van der Waals surface area contributed by atoms with Gasteiger partial charge in [0.1, 0.15) is 5.01 Å². The van der Waals surface area contributed by atoms with E-state index in [0.717, 1.165) is 10.6 Å². The molecule has 1 saturated heterocycles. The molecule has 2 heterocycles. The topological polar surface area (TPSA) is 79.7 Å². The molecule has 1 aliphatic rings. The highest BCUT2D eigenvalue weighted by Crippen LogP contribution is 2.25. The van der Waals surface area contributed by atoms with E-state index in [0.29, 0.717) is 30.4 Å². The highest BCUT2D eigenvalue weighted by Gasteiger charge is 2.26. The molecule has 2 aromatic rings. The van der Waals surface area contributed by atoms with Crippen LogP contribution in [0.2, 0.25) is 5.02 Å². The predicted octanol–water partition coefficient (Wildman–Crippen LogP) is 2.71. The lowest BCUT2D eigenvalue weighted by molar-refractivity contribution is -0.147. The fourth-order valence-corrected chi connectivity index (χ4v) is 3.60. The van der Waals surface area contributed by atoms with E-state index in [-0.39, 0.29) is 18.7 Å². The number of amides is 1. The first-order valence-corrected chi connectivity index (χ1v) is 9.08. The number of morpholine rings is 1. The first kappa shape index (κ1) is 17.8. The van der Waals surface area contributed by atoms with E-state index in [4.69, 9.17) is 21.4 Å². The van der Waals surface area contributed by atoms with Gasteiger partial charge >= 0.3 is 5.97 Å². The summed E-state index contributed by atoms with van der Waals surface area (Å²) in [7, 11) is 0. The number of nitrogens with zero attached hydrogens (tertiary/aromatic N) is 2. The third-order valence-corrected chi connectivity index (χ3v) is 5.06. The van der Waals surface area contributed by atoms with E-state index in [1.165, 1.54) is 11.3 Å². The number of rotatable bonds is 5. The molecule has 0 aliphatic carbocycles. The normalized spacial score (nSPS) is 17.5. The van der Waals surface area contributed by atoms with Gasteiger partial charge < -0.3 is 14.7 Å². The Labute approximate surface area is 154 Å². The standard InChI is InChI=1S/C17H17ClN2O4S/c18-12-3-1-11(2-4-12)17-19-13(10-25-17)7-15(21)20-5-6-24-14(9-20)8-16(22)23/h1-4,10,14H,5-9H2,(H,22,23). The summed E-state index contributed by atoms with van der Waals surface area (Å²) in [5.41, 5.74) is 1.67. The zero-order valence-corrected chi connectivity index (χ0v) is 14.9. The lowest BCUT2D eigenvalue weighted by atomic mass is 10.2. The van der Waals surface area contributed by atoms with Crippen LogP contribution in [0.4, 0.5) is 0 Å². The molecule has 1 unspecified atom stereocenters. The Balaban J connectivity index is 1.61. The highest BCUT2D eigenvalue weighted by molar-refractivity contribution is 7.13. The number of carbonyl (C=O) groups excluding carboxylic acids is 1. The van der Waals surface area contributed by atoms with Crippen LogP contribution in [0.3, 0.4) is 0 Å². The quantitative estimate of drug-likeness (QED) is 0.862. The third kappa shape index (κ3) is 4.78. The van der Waals surface area contributed by atoms with Crippen LogP contribution < -0.4 is 0 Å². The van der Waals surface area contributed by atoms with E-state index in [2.05, 4.69) is 4.98 Å². The number of hydrogen-bond acceptors (Lipinski definition) is 5. The number of carboxylic acids is 1. The number of ether oxygens (including phenoxy) is 1. The predicted molar refractivity (Wildman–Crippen MR) is 94.8 cm³/mol. The number of halogens is 1. The van der Waals surface area contributed by atoms with Gasteiger partial charge in [0.2, 0.25) is 5.91 Å². The SMILES string of the molecule is O=C(O)CC1CN(C(=O)Cc2csc(-c3ccc(Cl)cc3)n2)CCO1. The molecule has 0 radical (unpaired) electrons. The summed E-state index contributed by atoms with van der Waals surface area (Å²) in [6.45, 7) is 1.14. The maximum atomic E-state index is 12.5. The molecule has 1 N–H and O–H groups in total. The molecule has 6 nitrogen and oxygen atoms in total. The maximum absolute atomic E-state index is 12.5. The zero-order chi connectivity index (χ0) is 17.8. The molecule has 1 amide bonds. The Hall–Kier alpha value is -1.96. The minimum Gasteiger partial charge on any atom is -0.481 e. The van der Waals surface area contributed by atoms with Crippen LogP contribution in [0.1, 0.15) is 12.1 Å². The maximum Gasteiger partial charge on any atom is 0.306 e. The Morgan fingerprint density at radius 2 is 2.12 bits per heavy atom. The first-order chi connectivity index (χ1) is 12.0. The van der Waals surface area contributed by atoms with Gasteiger partial charge in [-0.2, -0.15) is 0 Å². The van der Waals surface area contributed by atoms with Crippen LogP contribution in [-0.4, -0.2) is 52.7 Å². The number of benzene rings is 1. The van der Waals surface area contributed by atoms with Crippen molar-refractivity contribution in [2.45, 2.75) is 18.9 Å². The van der Waals surface area contributed by atoms with Gasteiger partial charge in [-0.1, -0.05) is 23.7 Å². The Morgan fingerprint density at radius 1 is 1.36 bits per heavy atom. The second-order valence-corrected chi connectivity index (χ2v) is 7.05. The number of carbonyl (C=O) groups is 2. The van der Waals surface area contributed by atoms with E-state index in [9.17, 15) is 9.59 Å². The molecule has 132 valence electrons. The van der Waals surface area contributed by atoms with Crippen molar-refractivity contribution >= 4 is 34.8 Å². The summed E-state index contributed by atoms with van der Waals surface area (Å²) in [4.78, 5) is 29.4. The van der Waals surface area contributed by atoms with Crippen LogP contribution in [0.5, 0.6) is 0 Å². The van der Waals surface area contributed by atoms with Gasteiger partial charge in [0.05, 0.1) is 31.2 Å². The Kier molecular flexibility index (Phi) is 5.67. The van der Waals surface area contributed by atoms with E-state index in [1.807, 2.05) is 17.5 Å². The van der Waals surface area contributed by atoms with Crippen molar-refractivity contribution in [2.75, 3.05) is 19.7 Å². The minimum absolute atomic E-state index is 0.0633. The molecule has 1 aromatic carbocycles. The zero-order valence-electron chi connectivity index (χ0n) is 13.4.